The summed E-state index contributed by atoms with van der Waals surface area (Å²) in [6.45, 7) is 5.86. The number of benzene rings is 1. The van der Waals surface area contributed by atoms with Crippen LogP contribution in [0.15, 0.2) is 53.2 Å². The quantitative estimate of drug-likeness (QED) is 0.729. The summed E-state index contributed by atoms with van der Waals surface area (Å²) in [6.07, 6.45) is 4.96. The first kappa shape index (κ1) is 17.3. The molecule has 0 saturated heterocycles. The summed E-state index contributed by atoms with van der Waals surface area (Å²) in [7, 11) is 0. The number of carbonyl (C=O) groups is 2. The molecule has 0 radical (unpaired) electrons. The number of nitrogens with one attached hydrogen (secondary N) is 1. The van der Waals surface area contributed by atoms with Crippen LogP contribution in [0, 0.1) is 12.3 Å². The normalized spacial score (nSPS) is 15.4. The maximum atomic E-state index is 12.9. The molecule has 1 aliphatic carbocycles. The van der Waals surface area contributed by atoms with Crippen LogP contribution < -0.4 is 5.32 Å². The average molecular weight is 362 g/mol. The number of amides is 1. The summed E-state index contributed by atoms with van der Waals surface area (Å²) in [5.41, 5.74) is 2.60. The first-order valence-electron chi connectivity index (χ1n) is 9.05. The van der Waals surface area contributed by atoms with Crippen LogP contribution >= 0.6 is 0 Å². The molecule has 1 amide bonds. The van der Waals surface area contributed by atoms with Gasteiger partial charge in [0.05, 0.1) is 16.9 Å². The third-order valence-electron chi connectivity index (χ3n) is 5.02. The number of ketones is 1. The molecule has 5 heteroatoms. The summed E-state index contributed by atoms with van der Waals surface area (Å²) in [5, 5.41) is 2.94. The van der Waals surface area contributed by atoms with Crippen LogP contribution in [0.25, 0.3) is 5.69 Å². The number of Topliss-reactive ketones (excluding diaryl/α,β-unsaturated/α-hetero) is 1. The molecule has 138 valence electrons. The van der Waals surface area contributed by atoms with Gasteiger partial charge < -0.3 is 14.3 Å². The van der Waals surface area contributed by atoms with E-state index in [0.29, 0.717) is 35.4 Å². The number of hydrogen-bond acceptors (Lipinski definition) is 3. The molecule has 1 aromatic carbocycles. The van der Waals surface area contributed by atoms with Crippen molar-refractivity contribution in [3.8, 4) is 5.69 Å². The molecule has 0 aliphatic heterocycles. The lowest BCUT2D eigenvalue weighted by atomic mass is 9.76. The van der Waals surface area contributed by atoms with Crippen molar-refractivity contribution in [1.82, 2.24) is 4.57 Å². The zero-order valence-corrected chi connectivity index (χ0v) is 15.7. The minimum atomic E-state index is -0.341. The highest BCUT2D eigenvalue weighted by Gasteiger charge is 2.37. The SMILES string of the molecule is Cc1c(C(=O)Nc2ccccc2-n2cccc2)oc2c1C(=O)CC(C)(C)C2. The number of nitrogens with zero attached hydrogens (tertiary/aromatic N) is 1. The van der Waals surface area contributed by atoms with Gasteiger partial charge in [-0.3, -0.25) is 9.59 Å². The lowest BCUT2D eigenvalue weighted by Crippen LogP contribution is -2.26. The lowest BCUT2D eigenvalue weighted by Gasteiger charge is -2.27. The summed E-state index contributed by atoms with van der Waals surface area (Å²) >= 11 is 0. The highest BCUT2D eigenvalue weighted by Crippen LogP contribution is 2.38. The van der Waals surface area contributed by atoms with Crippen molar-refractivity contribution >= 4 is 17.4 Å². The Morgan fingerprint density at radius 1 is 1.11 bits per heavy atom. The van der Waals surface area contributed by atoms with Crippen LogP contribution in [0.2, 0.25) is 0 Å². The predicted molar refractivity (Wildman–Crippen MR) is 104 cm³/mol. The summed E-state index contributed by atoms with van der Waals surface area (Å²) in [4.78, 5) is 25.4. The van der Waals surface area contributed by atoms with Gasteiger partial charge in [-0.15, -0.1) is 0 Å². The van der Waals surface area contributed by atoms with Crippen LogP contribution in [0.4, 0.5) is 5.69 Å². The van der Waals surface area contributed by atoms with Gasteiger partial charge in [-0.2, -0.15) is 0 Å². The topological polar surface area (TPSA) is 64.2 Å². The Hall–Kier alpha value is -3.08. The Bertz CT molecular complexity index is 1030. The summed E-state index contributed by atoms with van der Waals surface area (Å²) < 4.78 is 7.80. The molecular weight excluding hydrogens is 340 g/mol. The molecule has 2 heterocycles. The molecule has 1 N–H and O–H groups in total. The molecule has 0 spiro atoms. The molecule has 27 heavy (non-hydrogen) atoms. The number of hydrogen-bond donors (Lipinski definition) is 1. The minimum absolute atomic E-state index is 0.0503. The van der Waals surface area contributed by atoms with Crippen molar-refractivity contribution in [2.24, 2.45) is 5.41 Å². The first-order valence-corrected chi connectivity index (χ1v) is 9.05. The van der Waals surface area contributed by atoms with Gasteiger partial charge >= 0.3 is 0 Å². The van der Waals surface area contributed by atoms with Gasteiger partial charge in [-0.1, -0.05) is 26.0 Å². The molecule has 1 aliphatic rings. The first-order chi connectivity index (χ1) is 12.9. The summed E-state index contributed by atoms with van der Waals surface area (Å²) in [5.74, 6) is 0.548. The highest BCUT2D eigenvalue weighted by molar-refractivity contribution is 6.08. The fourth-order valence-corrected chi connectivity index (χ4v) is 3.78. The van der Waals surface area contributed by atoms with E-state index in [9.17, 15) is 9.59 Å². The number of anilines is 1. The van der Waals surface area contributed by atoms with Crippen molar-refractivity contribution in [2.75, 3.05) is 5.32 Å². The molecule has 0 bridgehead atoms. The third-order valence-corrected chi connectivity index (χ3v) is 5.02. The zero-order chi connectivity index (χ0) is 19.2. The Labute approximate surface area is 158 Å². The van der Waals surface area contributed by atoms with Crippen LogP contribution in [-0.4, -0.2) is 16.3 Å². The molecule has 4 rings (SSSR count). The van der Waals surface area contributed by atoms with E-state index in [4.69, 9.17) is 4.42 Å². The van der Waals surface area contributed by atoms with E-state index in [-0.39, 0.29) is 22.9 Å². The summed E-state index contributed by atoms with van der Waals surface area (Å²) in [6, 6.07) is 11.4. The van der Waals surface area contributed by atoms with Gasteiger partial charge in [-0.25, -0.2) is 0 Å². The van der Waals surface area contributed by atoms with Crippen LogP contribution in [0.5, 0.6) is 0 Å². The standard InChI is InChI=1S/C22H22N2O3/c1-14-19-17(25)12-22(2,3)13-18(19)27-20(14)21(26)23-15-8-4-5-9-16(15)24-10-6-7-11-24/h4-11H,12-13H2,1-3H3,(H,23,26). The van der Waals surface area contributed by atoms with E-state index in [1.165, 1.54) is 0 Å². The maximum Gasteiger partial charge on any atom is 0.291 e. The van der Waals surface area contributed by atoms with Crippen molar-refractivity contribution < 1.29 is 14.0 Å². The van der Waals surface area contributed by atoms with E-state index in [1.807, 2.05) is 67.2 Å². The molecule has 0 saturated carbocycles. The van der Waals surface area contributed by atoms with Gasteiger partial charge in [0.25, 0.3) is 5.91 Å². The Balaban J connectivity index is 1.67. The van der Waals surface area contributed by atoms with Gasteiger partial charge in [-0.05, 0) is 36.6 Å². The smallest absolute Gasteiger partial charge is 0.291 e. The zero-order valence-electron chi connectivity index (χ0n) is 15.7. The number of rotatable bonds is 3. The number of para-hydroxylation sites is 2. The fraction of sp³-hybridized carbons (Fsp3) is 0.273. The molecule has 5 nitrogen and oxygen atoms in total. The third kappa shape index (κ3) is 3.10. The highest BCUT2D eigenvalue weighted by atomic mass is 16.4. The van der Waals surface area contributed by atoms with E-state index in [2.05, 4.69) is 5.32 Å². The van der Waals surface area contributed by atoms with Gasteiger partial charge in [0, 0.05) is 30.8 Å². The van der Waals surface area contributed by atoms with Crippen molar-refractivity contribution in [1.29, 1.82) is 0 Å². The predicted octanol–water partition coefficient (Wildman–Crippen LogP) is 4.79. The second-order valence-electron chi connectivity index (χ2n) is 7.86. The van der Waals surface area contributed by atoms with E-state index in [1.54, 1.807) is 6.92 Å². The second kappa shape index (κ2) is 6.27. The molecule has 3 aromatic rings. The molecular formula is C22H22N2O3. The van der Waals surface area contributed by atoms with Crippen molar-refractivity contribution in [2.45, 2.75) is 33.6 Å². The number of fused-ring (bicyclic) bond motifs is 1. The van der Waals surface area contributed by atoms with Crippen molar-refractivity contribution in [3.63, 3.8) is 0 Å². The Morgan fingerprint density at radius 3 is 2.56 bits per heavy atom. The number of aromatic nitrogens is 1. The lowest BCUT2D eigenvalue weighted by molar-refractivity contribution is 0.0898. The Morgan fingerprint density at radius 2 is 1.81 bits per heavy atom. The Kier molecular flexibility index (Phi) is 4.02. The minimum Gasteiger partial charge on any atom is -0.455 e. The van der Waals surface area contributed by atoms with Crippen LogP contribution in [0.1, 0.15) is 52.5 Å². The van der Waals surface area contributed by atoms with Gasteiger partial charge in [0.1, 0.15) is 5.76 Å². The second-order valence-corrected chi connectivity index (χ2v) is 7.86. The van der Waals surface area contributed by atoms with E-state index < -0.39 is 0 Å². The van der Waals surface area contributed by atoms with E-state index in [0.717, 1.165) is 5.69 Å². The van der Waals surface area contributed by atoms with Crippen LogP contribution in [-0.2, 0) is 6.42 Å². The molecule has 0 atom stereocenters. The largest absolute Gasteiger partial charge is 0.455 e. The van der Waals surface area contributed by atoms with Crippen molar-refractivity contribution in [3.05, 3.63) is 71.4 Å². The molecule has 0 unspecified atom stereocenters. The molecule has 2 aromatic heterocycles. The van der Waals surface area contributed by atoms with Gasteiger partial charge in [0.15, 0.2) is 11.5 Å². The number of furan rings is 1. The monoisotopic (exact) mass is 362 g/mol. The van der Waals surface area contributed by atoms with E-state index >= 15 is 0 Å². The van der Waals surface area contributed by atoms with Gasteiger partial charge in [0.2, 0.25) is 0 Å². The maximum absolute atomic E-state index is 12.9. The molecule has 0 fully saturated rings. The number of carbonyl (C=O) groups excluding carboxylic acids is 2. The average Bonchev–Trinajstić information content (AvgIpc) is 3.22. The van der Waals surface area contributed by atoms with Crippen LogP contribution in [0.3, 0.4) is 0 Å². The fourth-order valence-electron chi connectivity index (χ4n) is 3.78.